The van der Waals surface area contributed by atoms with E-state index in [0.717, 1.165) is 24.6 Å². The van der Waals surface area contributed by atoms with Gasteiger partial charge >= 0.3 is 0 Å². The molecule has 2 rings (SSSR count). The lowest BCUT2D eigenvalue weighted by atomic mass is 10.2. The lowest BCUT2D eigenvalue weighted by molar-refractivity contribution is 0.217. The second kappa shape index (κ2) is 8.55. The van der Waals surface area contributed by atoms with Crippen LogP contribution in [0.1, 0.15) is 12.5 Å². The fourth-order valence-corrected chi connectivity index (χ4v) is 1.99. The van der Waals surface area contributed by atoms with E-state index in [1.54, 1.807) is 0 Å². The Hall–Kier alpha value is -1.71. The number of hydrogen-bond donors (Lipinski definition) is 1. The van der Waals surface area contributed by atoms with Gasteiger partial charge in [-0.25, -0.2) is 0 Å². The maximum atomic E-state index is 5.82. The smallest absolute Gasteiger partial charge is 0.122 e. The summed E-state index contributed by atoms with van der Waals surface area (Å²) < 4.78 is 11.3. The van der Waals surface area contributed by atoms with Gasteiger partial charge in [-0.05, 0) is 48.5 Å². The molecular formula is C17H20ClNO2. The summed E-state index contributed by atoms with van der Waals surface area (Å²) in [5.41, 5.74) is 1.22. The van der Waals surface area contributed by atoms with Crippen molar-refractivity contribution in [1.29, 1.82) is 0 Å². The van der Waals surface area contributed by atoms with Crippen molar-refractivity contribution >= 4 is 11.6 Å². The molecular weight excluding hydrogens is 286 g/mol. The summed E-state index contributed by atoms with van der Waals surface area (Å²) >= 11 is 5.82. The SMILES string of the molecule is CCNCc1cccc(OCCOc2ccc(Cl)cc2)c1. The van der Waals surface area contributed by atoms with Crippen molar-refractivity contribution in [1.82, 2.24) is 5.32 Å². The molecule has 0 heterocycles. The Morgan fingerprint density at radius 1 is 0.952 bits per heavy atom. The lowest BCUT2D eigenvalue weighted by Crippen LogP contribution is -2.12. The fraction of sp³-hybridized carbons (Fsp3) is 0.294. The van der Waals surface area contributed by atoms with Crippen molar-refractivity contribution < 1.29 is 9.47 Å². The third kappa shape index (κ3) is 5.66. The van der Waals surface area contributed by atoms with Crippen LogP contribution in [0.2, 0.25) is 5.02 Å². The zero-order valence-corrected chi connectivity index (χ0v) is 12.9. The van der Waals surface area contributed by atoms with Gasteiger partial charge in [-0.3, -0.25) is 0 Å². The molecule has 21 heavy (non-hydrogen) atoms. The van der Waals surface area contributed by atoms with E-state index in [1.165, 1.54) is 5.56 Å². The highest BCUT2D eigenvalue weighted by Crippen LogP contribution is 2.16. The highest BCUT2D eigenvalue weighted by molar-refractivity contribution is 6.30. The molecule has 2 aromatic rings. The molecule has 0 amide bonds. The molecule has 0 aliphatic rings. The first-order chi connectivity index (χ1) is 10.3. The first kappa shape index (κ1) is 15.7. The molecule has 0 unspecified atom stereocenters. The van der Waals surface area contributed by atoms with Crippen molar-refractivity contribution in [3.8, 4) is 11.5 Å². The second-order valence-electron chi connectivity index (χ2n) is 4.58. The second-order valence-corrected chi connectivity index (χ2v) is 5.02. The third-order valence-corrected chi connectivity index (χ3v) is 3.16. The molecule has 3 nitrogen and oxygen atoms in total. The van der Waals surface area contributed by atoms with Crippen LogP contribution in [0.15, 0.2) is 48.5 Å². The minimum Gasteiger partial charge on any atom is -0.490 e. The first-order valence-corrected chi connectivity index (χ1v) is 7.46. The van der Waals surface area contributed by atoms with Gasteiger partial charge in [0.1, 0.15) is 24.7 Å². The van der Waals surface area contributed by atoms with Crippen LogP contribution >= 0.6 is 11.6 Å². The summed E-state index contributed by atoms with van der Waals surface area (Å²) in [5.74, 6) is 1.66. The molecule has 0 spiro atoms. The predicted octanol–water partition coefficient (Wildman–Crippen LogP) is 3.91. The molecule has 0 saturated carbocycles. The van der Waals surface area contributed by atoms with Gasteiger partial charge in [-0.2, -0.15) is 0 Å². The van der Waals surface area contributed by atoms with E-state index in [0.29, 0.717) is 18.2 Å². The topological polar surface area (TPSA) is 30.5 Å². The average Bonchev–Trinajstić information content (AvgIpc) is 2.52. The minimum absolute atomic E-state index is 0.499. The van der Waals surface area contributed by atoms with Gasteiger partial charge in [-0.15, -0.1) is 0 Å². The zero-order chi connectivity index (χ0) is 14.9. The van der Waals surface area contributed by atoms with Crippen molar-refractivity contribution in [2.75, 3.05) is 19.8 Å². The Balaban J connectivity index is 1.74. The van der Waals surface area contributed by atoms with Crippen LogP contribution in [0, 0.1) is 0 Å². The molecule has 112 valence electrons. The number of benzene rings is 2. The summed E-state index contributed by atoms with van der Waals surface area (Å²) in [5, 5.41) is 4.00. The van der Waals surface area contributed by atoms with Crippen LogP contribution in [0.4, 0.5) is 0 Å². The van der Waals surface area contributed by atoms with Crippen LogP contribution in [0.25, 0.3) is 0 Å². The minimum atomic E-state index is 0.499. The summed E-state index contributed by atoms with van der Waals surface area (Å²) in [6.07, 6.45) is 0. The van der Waals surface area contributed by atoms with E-state index in [9.17, 15) is 0 Å². The molecule has 0 aliphatic heterocycles. The van der Waals surface area contributed by atoms with Crippen molar-refractivity contribution in [3.05, 3.63) is 59.1 Å². The van der Waals surface area contributed by atoms with E-state index in [1.807, 2.05) is 42.5 Å². The van der Waals surface area contributed by atoms with Gasteiger partial charge in [-0.1, -0.05) is 30.7 Å². The Kier molecular flexibility index (Phi) is 6.38. The largest absolute Gasteiger partial charge is 0.490 e. The molecule has 1 N–H and O–H groups in total. The number of nitrogens with one attached hydrogen (secondary N) is 1. The quantitative estimate of drug-likeness (QED) is 0.750. The molecule has 4 heteroatoms. The van der Waals surface area contributed by atoms with Gasteiger partial charge in [0.05, 0.1) is 0 Å². The lowest BCUT2D eigenvalue weighted by Gasteiger charge is -2.10. The highest BCUT2D eigenvalue weighted by atomic mass is 35.5. The van der Waals surface area contributed by atoms with Crippen molar-refractivity contribution in [2.45, 2.75) is 13.5 Å². The highest BCUT2D eigenvalue weighted by Gasteiger charge is 1.98. The number of ether oxygens (including phenoxy) is 2. The van der Waals surface area contributed by atoms with Crippen LogP contribution in [-0.2, 0) is 6.54 Å². The Labute approximate surface area is 130 Å². The maximum Gasteiger partial charge on any atom is 0.122 e. The normalized spacial score (nSPS) is 10.4. The predicted molar refractivity (Wildman–Crippen MR) is 86.3 cm³/mol. The van der Waals surface area contributed by atoms with Gasteiger partial charge < -0.3 is 14.8 Å². The first-order valence-electron chi connectivity index (χ1n) is 7.09. The van der Waals surface area contributed by atoms with Crippen molar-refractivity contribution in [3.63, 3.8) is 0 Å². The average molecular weight is 306 g/mol. The maximum absolute atomic E-state index is 5.82. The van der Waals surface area contributed by atoms with Crippen LogP contribution in [0.3, 0.4) is 0 Å². The van der Waals surface area contributed by atoms with Gasteiger partial charge in [0, 0.05) is 11.6 Å². The third-order valence-electron chi connectivity index (χ3n) is 2.91. The summed E-state index contributed by atoms with van der Waals surface area (Å²) in [4.78, 5) is 0. The molecule has 0 bridgehead atoms. The fourth-order valence-electron chi connectivity index (χ4n) is 1.86. The molecule has 0 fully saturated rings. The molecule has 0 radical (unpaired) electrons. The number of halogens is 1. The van der Waals surface area contributed by atoms with E-state index in [2.05, 4.69) is 18.3 Å². The van der Waals surface area contributed by atoms with E-state index in [-0.39, 0.29) is 0 Å². The van der Waals surface area contributed by atoms with Gasteiger partial charge in [0.25, 0.3) is 0 Å². The number of rotatable bonds is 8. The van der Waals surface area contributed by atoms with E-state index < -0.39 is 0 Å². The molecule has 2 aromatic carbocycles. The summed E-state index contributed by atoms with van der Waals surface area (Å²) in [6, 6.07) is 15.4. The molecule has 0 aromatic heterocycles. The number of hydrogen-bond acceptors (Lipinski definition) is 3. The van der Waals surface area contributed by atoms with Crippen LogP contribution < -0.4 is 14.8 Å². The van der Waals surface area contributed by atoms with E-state index in [4.69, 9.17) is 21.1 Å². The Bertz CT molecular complexity index is 543. The van der Waals surface area contributed by atoms with Crippen molar-refractivity contribution in [2.24, 2.45) is 0 Å². The zero-order valence-electron chi connectivity index (χ0n) is 12.1. The van der Waals surface area contributed by atoms with Gasteiger partial charge in [0.15, 0.2) is 0 Å². The van der Waals surface area contributed by atoms with Crippen LogP contribution in [-0.4, -0.2) is 19.8 Å². The Morgan fingerprint density at radius 2 is 1.67 bits per heavy atom. The molecule has 0 atom stereocenters. The van der Waals surface area contributed by atoms with Gasteiger partial charge in [0.2, 0.25) is 0 Å². The van der Waals surface area contributed by atoms with Crippen LogP contribution in [0.5, 0.6) is 11.5 Å². The summed E-state index contributed by atoms with van der Waals surface area (Å²) in [6.45, 7) is 4.91. The Morgan fingerprint density at radius 3 is 2.38 bits per heavy atom. The molecule has 0 saturated heterocycles. The standard InChI is InChI=1S/C17H20ClNO2/c1-2-19-13-14-4-3-5-17(12-14)21-11-10-20-16-8-6-15(18)7-9-16/h3-9,12,19H,2,10-11,13H2,1H3. The monoisotopic (exact) mass is 305 g/mol. The van der Waals surface area contributed by atoms with E-state index >= 15 is 0 Å². The molecule has 0 aliphatic carbocycles. The summed E-state index contributed by atoms with van der Waals surface area (Å²) in [7, 11) is 0.